The Balaban J connectivity index is 2.56. The molecule has 0 aliphatic heterocycles. The molecule has 1 aliphatic rings. The Morgan fingerprint density at radius 3 is 3.00 bits per heavy atom. The summed E-state index contributed by atoms with van der Waals surface area (Å²) in [6, 6.07) is 0. The fraction of sp³-hybridized carbons (Fsp3) is 0.500. The maximum Gasteiger partial charge on any atom is 0.168 e. The molecule has 0 atom stereocenters. The minimum Gasteiger partial charge on any atom is -0.361 e. The highest BCUT2D eigenvalue weighted by atomic mass is 16.5. The number of hydrogen-bond acceptors (Lipinski definition) is 3. The lowest BCUT2D eigenvalue weighted by Crippen LogP contribution is -2.09. The summed E-state index contributed by atoms with van der Waals surface area (Å²) in [6.45, 7) is 1.79. The van der Waals surface area contributed by atoms with Crippen molar-refractivity contribution in [1.29, 1.82) is 0 Å². The minimum atomic E-state index is 0.185. The van der Waals surface area contributed by atoms with Gasteiger partial charge in [-0.05, 0) is 19.8 Å². The van der Waals surface area contributed by atoms with Crippen LogP contribution in [0.25, 0.3) is 0 Å². The van der Waals surface area contributed by atoms with Crippen LogP contribution in [0.4, 0.5) is 0 Å². The SMILES string of the molecule is Cc1onc2c1C(=O)CCC2. The zero-order chi connectivity index (χ0) is 7.84. The van der Waals surface area contributed by atoms with Gasteiger partial charge in [-0.2, -0.15) is 0 Å². The molecule has 3 nitrogen and oxygen atoms in total. The van der Waals surface area contributed by atoms with E-state index in [2.05, 4.69) is 5.16 Å². The zero-order valence-electron chi connectivity index (χ0n) is 6.39. The van der Waals surface area contributed by atoms with Crippen molar-refractivity contribution < 1.29 is 9.32 Å². The van der Waals surface area contributed by atoms with Gasteiger partial charge in [0.1, 0.15) is 5.76 Å². The predicted molar refractivity (Wildman–Crippen MR) is 38.5 cm³/mol. The Kier molecular flexibility index (Phi) is 1.31. The average molecular weight is 151 g/mol. The normalized spacial score (nSPS) is 16.6. The second-order valence-corrected chi connectivity index (χ2v) is 2.84. The number of Topliss-reactive ketones (excluding diaryl/α,β-unsaturated/α-hetero) is 1. The van der Waals surface area contributed by atoms with Crippen LogP contribution < -0.4 is 0 Å². The number of carbonyl (C=O) groups is 1. The molecular formula is C8H9NO2. The van der Waals surface area contributed by atoms with Crippen molar-refractivity contribution in [2.75, 3.05) is 0 Å². The molecule has 0 saturated carbocycles. The van der Waals surface area contributed by atoms with Crippen LogP contribution in [0.3, 0.4) is 0 Å². The first-order valence-corrected chi connectivity index (χ1v) is 3.77. The van der Waals surface area contributed by atoms with Crippen molar-refractivity contribution >= 4 is 5.78 Å². The van der Waals surface area contributed by atoms with E-state index < -0.39 is 0 Å². The van der Waals surface area contributed by atoms with E-state index in [-0.39, 0.29) is 5.78 Å². The van der Waals surface area contributed by atoms with Gasteiger partial charge in [0.05, 0.1) is 11.3 Å². The third-order valence-corrected chi connectivity index (χ3v) is 2.03. The van der Waals surface area contributed by atoms with E-state index in [0.717, 1.165) is 24.1 Å². The van der Waals surface area contributed by atoms with E-state index in [0.29, 0.717) is 12.2 Å². The minimum absolute atomic E-state index is 0.185. The number of carbonyl (C=O) groups excluding carboxylic acids is 1. The Bertz CT molecular complexity index is 301. The first kappa shape index (κ1) is 6.58. The third kappa shape index (κ3) is 0.878. The first-order chi connectivity index (χ1) is 5.29. The van der Waals surface area contributed by atoms with Crippen molar-refractivity contribution in [1.82, 2.24) is 5.16 Å². The largest absolute Gasteiger partial charge is 0.361 e. The maximum absolute atomic E-state index is 11.3. The smallest absolute Gasteiger partial charge is 0.168 e. The Morgan fingerprint density at radius 1 is 1.45 bits per heavy atom. The number of aromatic nitrogens is 1. The Hall–Kier alpha value is -1.12. The molecule has 0 bridgehead atoms. The van der Waals surface area contributed by atoms with Gasteiger partial charge in [0.15, 0.2) is 5.78 Å². The van der Waals surface area contributed by atoms with Gasteiger partial charge in [-0.25, -0.2) is 0 Å². The van der Waals surface area contributed by atoms with E-state index in [1.54, 1.807) is 6.92 Å². The molecule has 1 heterocycles. The predicted octanol–water partition coefficient (Wildman–Crippen LogP) is 1.50. The molecule has 1 aliphatic carbocycles. The molecule has 0 N–H and O–H groups in total. The zero-order valence-corrected chi connectivity index (χ0v) is 6.39. The quantitative estimate of drug-likeness (QED) is 0.564. The molecular weight excluding hydrogens is 142 g/mol. The average Bonchev–Trinajstić information content (AvgIpc) is 2.34. The molecule has 1 aromatic rings. The van der Waals surface area contributed by atoms with E-state index in [9.17, 15) is 4.79 Å². The highest BCUT2D eigenvalue weighted by molar-refractivity contribution is 5.98. The van der Waals surface area contributed by atoms with E-state index in [1.807, 2.05) is 0 Å². The highest BCUT2D eigenvalue weighted by Crippen LogP contribution is 2.22. The number of rotatable bonds is 0. The maximum atomic E-state index is 11.3. The van der Waals surface area contributed by atoms with Gasteiger partial charge in [-0.1, -0.05) is 5.16 Å². The van der Waals surface area contributed by atoms with Crippen LogP contribution in [-0.2, 0) is 6.42 Å². The summed E-state index contributed by atoms with van der Waals surface area (Å²) in [5.41, 5.74) is 1.58. The number of fused-ring (bicyclic) bond motifs is 1. The number of hydrogen-bond donors (Lipinski definition) is 0. The number of aryl methyl sites for hydroxylation is 2. The van der Waals surface area contributed by atoms with Gasteiger partial charge in [-0.3, -0.25) is 4.79 Å². The van der Waals surface area contributed by atoms with Crippen LogP contribution in [0.5, 0.6) is 0 Å². The molecule has 0 fully saturated rings. The van der Waals surface area contributed by atoms with Crippen LogP contribution in [0.2, 0.25) is 0 Å². The molecule has 11 heavy (non-hydrogen) atoms. The molecule has 0 radical (unpaired) electrons. The van der Waals surface area contributed by atoms with Crippen molar-refractivity contribution in [3.05, 3.63) is 17.0 Å². The third-order valence-electron chi connectivity index (χ3n) is 2.03. The summed E-state index contributed by atoms with van der Waals surface area (Å²) in [5.74, 6) is 0.856. The lowest BCUT2D eigenvalue weighted by atomic mass is 9.95. The van der Waals surface area contributed by atoms with Gasteiger partial charge in [-0.15, -0.1) is 0 Å². The van der Waals surface area contributed by atoms with Crippen LogP contribution in [0.15, 0.2) is 4.52 Å². The molecule has 0 unspecified atom stereocenters. The molecule has 3 heteroatoms. The summed E-state index contributed by atoms with van der Waals surface area (Å²) < 4.78 is 4.92. The summed E-state index contributed by atoms with van der Waals surface area (Å²) >= 11 is 0. The monoisotopic (exact) mass is 151 g/mol. The summed E-state index contributed by atoms with van der Waals surface area (Å²) in [6.07, 6.45) is 2.45. The van der Waals surface area contributed by atoms with Crippen LogP contribution in [-0.4, -0.2) is 10.9 Å². The second kappa shape index (κ2) is 2.19. The summed E-state index contributed by atoms with van der Waals surface area (Å²) in [7, 11) is 0. The molecule has 0 aromatic carbocycles. The van der Waals surface area contributed by atoms with E-state index >= 15 is 0 Å². The van der Waals surface area contributed by atoms with Gasteiger partial charge in [0.2, 0.25) is 0 Å². The molecule has 0 spiro atoms. The van der Waals surface area contributed by atoms with Crippen LogP contribution in [0, 0.1) is 6.92 Å². The van der Waals surface area contributed by atoms with E-state index in [1.165, 1.54) is 0 Å². The van der Waals surface area contributed by atoms with Crippen molar-refractivity contribution in [2.24, 2.45) is 0 Å². The van der Waals surface area contributed by atoms with Gasteiger partial charge in [0.25, 0.3) is 0 Å². The van der Waals surface area contributed by atoms with Crippen LogP contribution in [0.1, 0.15) is 34.7 Å². The molecule has 58 valence electrons. The molecule has 0 saturated heterocycles. The lowest BCUT2D eigenvalue weighted by Gasteiger charge is -2.06. The first-order valence-electron chi connectivity index (χ1n) is 3.77. The fourth-order valence-corrected chi connectivity index (χ4v) is 1.49. The van der Waals surface area contributed by atoms with Gasteiger partial charge in [0, 0.05) is 6.42 Å². The Morgan fingerprint density at radius 2 is 2.27 bits per heavy atom. The fourth-order valence-electron chi connectivity index (χ4n) is 1.49. The number of nitrogens with zero attached hydrogens (tertiary/aromatic N) is 1. The van der Waals surface area contributed by atoms with Crippen molar-refractivity contribution in [3.8, 4) is 0 Å². The van der Waals surface area contributed by atoms with Crippen LogP contribution >= 0.6 is 0 Å². The van der Waals surface area contributed by atoms with Gasteiger partial charge >= 0.3 is 0 Å². The molecule has 2 rings (SSSR count). The Labute approximate surface area is 64.4 Å². The molecule has 1 aromatic heterocycles. The van der Waals surface area contributed by atoms with E-state index in [4.69, 9.17) is 4.52 Å². The standard InChI is InChI=1S/C8H9NO2/c1-5-8-6(9-11-5)3-2-4-7(8)10/h2-4H2,1H3. The summed E-state index contributed by atoms with van der Waals surface area (Å²) in [5, 5.41) is 3.81. The lowest BCUT2D eigenvalue weighted by molar-refractivity contribution is 0.0971. The molecule has 0 amide bonds. The number of ketones is 1. The second-order valence-electron chi connectivity index (χ2n) is 2.84. The summed E-state index contributed by atoms with van der Waals surface area (Å²) in [4.78, 5) is 11.3. The van der Waals surface area contributed by atoms with Crippen molar-refractivity contribution in [2.45, 2.75) is 26.2 Å². The van der Waals surface area contributed by atoms with Gasteiger partial charge < -0.3 is 4.52 Å². The van der Waals surface area contributed by atoms with Crippen molar-refractivity contribution in [3.63, 3.8) is 0 Å². The highest BCUT2D eigenvalue weighted by Gasteiger charge is 2.23. The topological polar surface area (TPSA) is 43.1 Å².